The molecule has 4 heterocycles. The fraction of sp³-hybridized carbons (Fsp3) is 0.444. The Labute approximate surface area is 354 Å². The maximum atomic E-state index is 14.2. The molecule has 1 spiro atoms. The summed E-state index contributed by atoms with van der Waals surface area (Å²) in [5.41, 5.74) is 3.01. The molecule has 0 bridgehead atoms. The van der Waals surface area contributed by atoms with E-state index in [1.165, 1.54) is 4.90 Å². The van der Waals surface area contributed by atoms with Crippen molar-refractivity contribution in [2.24, 2.45) is 11.3 Å². The number of likely N-dealkylation sites (tertiary alicyclic amines) is 1. The van der Waals surface area contributed by atoms with Crippen LogP contribution in [0.1, 0.15) is 115 Å². The molecule has 17 heteroatoms. The molecule has 2 aliphatic heterocycles. The number of piperidine rings is 1. The van der Waals surface area contributed by atoms with Crippen molar-refractivity contribution in [3.8, 4) is 17.1 Å². The van der Waals surface area contributed by atoms with Gasteiger partial charge >= 0.3 is 6.03 Å². The first kappa shape index (κ1) is 41.1. The van der Waals surface area contributed by atoms with Crippen molar-refractivity contribution >= 4 is 40.3 Å². The summed E-state index contributed by atoms with van der Waals surface area (Å²) in [5, 5.41) is 24.4. The summed E-state index contributed by atoms with van der Waals surface area (Å²) in [5.74, 6) is -6.13. The molecule has 4 fully saturated rings. The number of nitrogens with one attached hydrogen (secondary N) is 2. The fourth-order valence-corrected chi connectivity index (χ4v) is 9.75. The van der Waals surface area contributed by atoms with Crippen molar-refractivity contribution in [1.29, 1.82) is 0 Å². The van der Waals surface area contributed by atoms with Gasteiger partial charge in [-0.3, -0.25) is 29.3 Å². The van der Waals surface area contributed by atoms with Gasteiger partial charge in [-0.25, -0.2) is 13.6 Å². The van der Waals surface area contributed by atoms with E-state index in [0.29, 0.717) is 42.1 Å². The summed E-state index contributed by atoms with van der Waals surface area (Å²) in [7, 11) is 0. The number of hydrogen-bond acceptors (Lipinski definition) is 9. The number of carbonyl (C=O) groups excluding carboxylic acids is 4. The van der Waals surface area contributed by atoms with Crippen LogP contribution in [0.2, 0.25) is 0 Å². The number of rotatable bonds is 8. The van der Waals surface area contributed by atoms with Gasteiger partial charge in [-0.2, -0.15) is 14.5 Å². The van der Waals surface area contributed by atoms with Crippen LogP contribution in [0.4, 0.5) is 23.7 Å². The van der Waals surface area contributed by atoms with Crippen LogP contribution in [-0.4, -0.2) is 79.9 Å². The molecule has 5 aromatic rings. The molecular formula is C45H47F3N8O6. The van der Waals surface area contributed by atoms with Gasteiger partial charge in [0, 0.05) is 66.9 Å². The zero-order chi connectivity index (χ0) is 43.3. The van der Waals surface area contributed by atoms with Gasteiger partial charge in [0.05, 0.1) is 17.1 Å². The molecule has 0 atom stereocenters. The number of aromatic nitrogens is 4. The second kappa shape index (κ2) is 16.5. The molecule has 2 aromatic heterocycles. The van der Waals surface area contributed by atoms with Gasteiger partial charge < -0.3 is 19.8 Å². The number of benzene rings is 3. The number of imide groups is 1. The Bertz CT molecular complexity index is 2570. The third-order valence-electron chi connectivity index (χ3n) is 13.7. The number of carbonyl (C=O) groups is 4. The highest BCUT2D eigenvalue weighted by molar-refractivity contribution is 6.06. The number of fused-ring (bicyclic) bond motifs is 1. The minimum Gasteiger partial charge on any atom is -0.503 e. The van der Waals surface area contributed by atoms with Crippen LogP contribution >= 0.6 is 0 Å². The highest BCUT2D eigenvalue weighted by Crippen LogP contribution is 2.49. The van der Waals surface area contributed by atoms with E-state index >= 15 is 0 Å². The van der Waals surface area contributed by atoms with Gasteiger partial charge in [-0.15, -0.1) is 0 Å². The standard InChI is InChI=1S/C45H47F3N8O6/c1-25-2-5-29(21-35(25)55-17-12-36(57)50-44(55)61)43(60)54-18-15-45(16-19-54)13-10-27(11-14-45)42-51-40(53-62-42)28-6-7-30-24-56(52-34(30)20-28)31-8-3-26(4-9-31)23-49-41(59)32-22-33(46)39(58)38(48)37(32)47/h2,5-7,20-22,24,26-27,31,58H,3-4,8-19,23H2,1H3,(H,49,59)(H,50,57,61)/t26-,31-. The van der Waals surface area contributed by atoms with E-state index in [0.717, 1.165) is 86.2 Å². The largest absolute Gasteiger partial charge is 0.503 e. The maximum Gasteiger partial charge on any atom is 0.328 e. The molecule has 2 aliphatic carbocycles. The van der Waals surface area contributed by atoms with Gasteiger partial charge in [0.15, 0.2) is 17.4 Å². The predicted molar refractivity (Wildman–Crippen MR) is 220 cm³/mol. The lowest BCUT2D eigenvalue weighted by Gasteiger charge is -2.45. The molecule has 324 valence electrons. The Morgan fingerprint density at radius 3 is 2.44 bits per heavy atom. The minimum atomic E-state index is -1.79. The molecule has 2 saturated carbocycles. The van der Waals surface area contributed by atoms with E-state index < -0.39 is 40.7 Å². The summed E-state index contributed by atoms with van der Waals surface area (Å²) in [6.45, 7) is 3.71. The summed E-state index contributed by atoms with van der Waals surface area (Å²) >= 11 is 0. The van der Waals surface area contributed by atoms with Crippen LogP contribution in [0.15, 0.2) is 53.2 Å². The smallest absolute Gasteiger partial charge is 0.328 e. The average molecular weight is 853 g/mol. The SMILES string of the molecule is Cc1ccc(C(=O)N2CCC3(CCC(c4nc(-c5ccc6cn([C@H]7CC[C@H](CNC(=O)c8cc(F)c(O)c(F)c8F)CC7)nc6c5)no4)CC3)CC2)cc1N1CCC(=O)NC1=O. The number of nitrogens with zero attached hydrogens (tertiary/aromatic N) is 6. The summed E-state index contributed by atoms with van der Waals surface area (Å²) in [6, 6.07) is 11.5. The van der Waals surface area contributed by atoms with Crippen LogP contribution in [0.5, 0.6) is 5.75 Å². The molecular weight excluding hydrogens is 806 g/mol. The van der Waals surface area contributed by atoms with Crippen LogP contribution in [-0.2, 0) is 4.79 Å². The summed E-state index contributed by atoms with van der Waals surface area (Å²) < 4.78 is 49.5. The van der Waals surface area contributed by atoms with Gasteiger partial charge in [-0.05, 0) is 112 Å². The van der Waals surface area contributed by atoms with Crippen LogP contribution < -0.4 is 15.5 Å². The first-order chi connectivity index (χ1) is 29.8. The zero-order valence-electron chi connectivity index (χ0n) is 34.3. The molecule has 14 nitrogen and oxygen atoms in total. The lowest BCUT2D eigenvalue weighted by Crippen LogP contribution is -2.50. The molecule has 0 radical (unpaired) electrons. The van der Waals surface area contributed by atoms with Crippen LogP contribution in [0.3, 0.4) is 0 Å². The first-order valence-corrected chi connectivity index (χ1v) is 21.3. The van der Waals surface area contributed by atoms with Crippen molar-refractivity contribution in [3.63, 3.8) is 0 Å². The van der Waals surface area contributed by atoms with Crippen molar-refractivity contribution in [2.75, 3.05) is 31.1 Å². The number of anilines is 1. The second-order valence-corrected chi connectivity index (χ2v) is 17.4. The number of aryl methyl sites for hydroxylation is 1. The Morgan fingerprint density at radius 2 is 1.69 bits per heavy atom. The van der Waals surface area contributed by atoms with E-state index in [4.69, 9.17) is 14.6 Å². The van der Waals surface area contributed by atoms with Crippen molar-refractivity contribution in [1.82, 2.24) is 35.5 Å². The van der Waals surface area contributed by atoms with E-state index in [-0.39, 0.29) is 54.6 Å². The van der Waals surface area contributed by atoms with Crippen LogP contribution in [0.25, 0.3) is 22.3 Å². The normalized spacial score (nSPS) is 20.8. The number of halogens is 3. The Kier molecular flexibility index (Phi) is 11.0. The van der Waals surface area contributed by atoms with Gasteiger partial charge in [0.1, 0.15) is 0 Å². The number of amides is 5. The van der Waals surface area contributed by atoms with Crippen molar-refractivity contribution in [2.45, 2.75) is 89.5 Å². The van der Waals surface area contributed by atoms with Crippen LogP contribution in [0, 0.1) is 35.7 Å². The van der Waals surface area contributed by atoms with Gasteiger partial charge in [0.2, 0.25) is 23.4 Å². The van der Waals surface area contributed by atoms with Crippen molar-refractivity contribution in [3.05, 3.63) is 88.7 Å². The fourth-order valence-electron chi connectivity index (χ4n) is 9.75. The highest BCUT2D eigenvalue weighted by atomic mass is 19.2. The lowest BCUT2D eigenvalue weighted by molar-refractivity contribution is -0.120. The van der Waals surface area contributed by atoms with Crippen molar-refractivity contribution < 1.29 is 42.0 Å². The molecule has 3 N–H and O–H groups in total. The predicted octanol–water partition coefficient (Wildman–Crippen LogP) is 7.71. The number of phenols is 1. The third kappa shape index (κ3) is 7.99. The minimum absolute atomic E-state index is 0.0517. The lowest BCUT2D eigenvalue weighted by atomic mass is 9.65. The average Bonchev–Trinajstić information content (AvgIpc) is 3.95. The number of hydrogen-bond donors (Lipinski definition) is 3. The first-order valence-electron chi connectivity index (χ1n) is 21.3. The molecule has 62 heavy (non-hydrogen) atoms. The quantitative estimate of drug-likeness (QED) is 0.132. The van der Waals surface area contributed by atoms with Gasteiger partial charge in [-0.1, -0.05) is 23.4 Å². The van der Waals surface area contributed by atoms with E-state index in [9.17, 15) is 37.5 Å². The number of urea groups is 1. The molecule has 4 aliphatic rings. The number of phenolic OH excluding ortho intramolecular Hbond substituents is 1. The second-order valence-electron chi connectivity index (χ2n) is 17.4. The van der Waals surface area contributed by atoms with E-state index in [1.807, 2.05) is 53.0 Å². The summed E-state index contributed by atoms with van der Waals surface area (Å²) in [6.07, 6.45) is 11.1. The van der Waals surface area contributed by atoms with E-state index in [2.05, 4.69) is 15.8 Å². The monoisotopic (exact) mass is 852 g/mol. The molecule has 0 unspecified atom stereocenters. The van der Waals surface area contributed by atoms with Gasteiger partial charge in [0.25, 0.3) is 11.8 Å². The topological polar surface area (TPSA) is 176 Å². The highest BCUT2D eigenvalue weighted by Gasteiger charge is 2.41. The molecule has 5 amide bonds. The number of aromatic hydroxyl groups is 1. The molecule has 3 aromatic carbocycles. The summed E-state index contributed by atoms with van der Waals surface area (Å²) in [4.78, 5) is 58.6. The zero-order valence-corrected chi connectivity index (χ0v) is 34.3. The Morgan fingerprint density at radius 1 is 0.935 bits per heavy atom. The third-order valence-corrected chi connectivity index (χ3v) is 13.7. The maximum absolute atomic E-state index is 14.2. The molecule has 2 saturated heterocycles. The molecule has 9 rings (SSSR count). The Balaban J connectivity index is 0.758. The Hall–Kier alpha value is -6.26. The van der Waals surface area contributed by atoms with E-state index in [1.54, 1.807) is 6.07 Å².